The van der Waals surface area contributed by atoms with Crippen molar-refractivity contribution in [2.75, 3.05) is 7.05 Å². The van der Waals surface area contributed by atoms with Crippen LogP contribution in [-0.2, 0) is 9.53 Å². The van der Waals surface area contributed by atoms with E-state index in [1.165, 1.54) is 0 Å². The molecule has 13 heavy (non-hydrogen) atoms. The molecule has 0 aromatic heterocycles. The van der Waals surface area contributed by atoms with Crippen LogP contribution < -0.4 is 5.32 Å². The molecule has 1 radical (unpaired) electrons. The van der Waals surface area contributed by atoms with Crippen molar-refractivity contribution in [1.82, 2.24) is 5.32 Å². The van der Waals surface area contributed by atoms with Gasteiger partial charge in [-0.1, -0.05) is 13.8 Å². The summed E-state index contributed by atoms with van der Waals surface area (Å²) in [5.41, 5.74) is 0. The summed E-state index contributed by atoms with van der Waals surface area (Å²) in [6.45, 7) is 3.78. The van der Waals surface area contributed by atoms with Crippen LogP contribution in [0.15, 0.2) is 0 Å². The third-order valence-corrected chi connectivity index (χ3v) is 2.55. The minimum absolute atomic E-state index is 0. The van der Waals surface area contributed by atoms with Crippen molar-refractivity contribution < 1.29 is 58.7 Å². The first-order chi connectivity index (χ1) is 5.57. The van der Waals surface area contributed by atoms with Crippen molar-refractivity contribution in [3.63, 3.8) is 0 Å². The maximum Gasteiger partial charge on any atom is 0.249 e. The molecule has 1 aliphatic rings. The molecule has 0 spiro atoms. The summed E-state index contributed by atoms with van der Waals surface area (Å²) < 4.78 is 5.08. The van der Waals surface area contributed by atoms with Gasteiger partial charge in [0.1, 0.15) is 6.10 Å². The Morgan fingerprint density at radius 1 is 1.38 bits per heavy atom. The van der Waals surface area contributed by atoms with Gasteiger partial charge in [0.05, 0.1) is 0 Å². The number of carbonyl (C=O) groups excluding carboxylic acids is 1. The van der Waals surface area contributed by atoms with Crippen LogP contribution >= 0.6 is 0 Å². The van der Waals surface area contributed by atoms with Gasteiger partial charge in [0.2, 0.25) is 5.91 Å². The first kappa shape index (κ1) is 13.8. The smallest absolute Gasteiger partial charge is 0.249 e. The Hall–Kier alpha value is 0.832. The van der Waals surface area contributed by atoms with Crippen LogP contribution in [0.5, 0.6) is 0 Å². The molecule has 73 valence electrons. The number of amides is 1. The molecule has 4 atom stereocenters. The van der Waals surface area contributed by atoms with Gasteiger partial charge in [-0.2, -0.15) is 0 Å². The Kier molecular flexibility index (Phi) is 6.01. The molecule has 0 saturated carbocycles. The molecule has 0 bridgehead atoms. The number of hydrogen-bond donors (Lipinski definition) is 2. The molecule has 0 aliphatic carbocycles. The molecule has 1 aliphatic heterocycles. The molecular weight excluding hydrogens is 385 g/mol. The standard InChI is InChI=1S/C8H15NO3.Ac/c1-4-5(2)8(11)12-6(4)7(10)9-3;/h4-6,8,11H,1-3H3,(H,9,10);/t4-,5+,6-,8?;/m0./s1. The molecule has 1 amide bonds. The molecule has 1 saturated heterocycles. The number of aliphatic hydroxyl groups excluding tert-OH is 1. The van der Waals surface area contributed by atoms with Gasteiger partial charge >= 0.3 is 0 Å². The van der Waals surface area contributed by atoms with Crippen LogP contribution in [0.25, 0.3) is 0 Å². The van der Waals surface area contributed by atoms with E-state index in [4.69, 9.17) is 4.74 Å². The second kappa shape index (κ2) is 5.65. The van der Waals surface area contributed by atoms with E-state index in [1.54, 1.807) is 7.05 Å². The number of rotatable bonds is 1. The Labute approximate surface area is 114 Å². The maximum atomic E-state index is 11.2. The van der Waals surface area contributed by atoms with E-state index < -0.39 is 12.4 Å². The Bertz CT molecular complexity index is 188. The van der Waals surface area contributed by atoms with E-state index in [0.717, 1.165) is 0 Å². The number of likely N-dealkylation sites (N-methyl/N-ethyl adjacent to an activating group) is 1. The summed E-state index contributed by atoms with van der Waals surface area (Å²) in [5.74, 6) is -0.0712. The summed E-state index contributed by atoms with van der Waals surface area (Å²) in [5, 5.41) is 11.8. The summed E-state index contributed by atoms with van der Waals surface area (Å²) in [4.78, 5) is 11.2. The van der Waals surface area contributed by atoms with E-state index in [0.29, 0.717) is 0 Å². The summed E-state index contributed by atoms with van der Waals surface area (Å²) in [6.07, 6.45) is -1.30. The van der Waals surface area contributed by atoms with Crippen molar-refractivity contribution >= 4 is 5.91 Å². The van der Waals surface area contributed by atoms with Gasteiger partial charge in [-0.25, -0.2) is 0 Å². The summed E-state index contributed by atoms with van der Waals surface area (Å²) in [6, 6.07) is 0. The van der Waals surface area contributed by atoms with Gasteiger partial charge < -0.3 is 15.2 Å². The molecule has 1 unspecified atom stereocenters. The number of aliphatic hydroxyl groups is 1. The predicted molar refractivity (Wildman–Crippen MR) is 43.3 cm³/mol. The summed E-state index contributed by atoms with van der Waals surface area (Å²) >= 11 is 0. The zero-order valence-corrected chi connectivity index (χ0v) is 12.9. The molecule has 5 heteroatoms. The molecule has 0 aromatic rings. The number of carbonyl (C=O) groups is 1. The van der Waals surface area contributed by atoms with Gasteiger partial charge in [0, 0.05) is 57.0 Å². The second-order valence-corrected chi connectivity index (χ2v) is 3.28. The molecule has 1 heterocycles. The molecule has 4 nitrogen and oxygen atoms in total. The van der Waals surface area contributed by atoms with Crippen LogP contribution in [0.2, 0.25) is 0 Å². The fraction of sp³-hybridized carbons (Fsp3) is 0.875. The third kappa shape index (κ3) is 2.89. The maximum absolute atomic E-state index is 11.2. The normalized spacial score (nSPS) is 38.2. The molecular formula is C8H15AcNO3. The molecule has 1 fully saturated rings. The van der Waals surface area contributed by atoms with Crippen LogP contribution in [0.4, 0.5) is 0 Å². The zero-order chi connectivity index (χ0) is 9.30. The fourth-order valence-electron chi connectivity index (χ4n) is 1.38. The molecule has 0 aromatic carbocycles. The zero-order valence-electron chi connectivity index (χ0n) is 8.15. The average molecular weight is 400 g/mol. The number of ether oxygens (including phenoxy) is 1. The number of hydrogen-bond acceptors (Lipinski definition) is 3. The van der Waals surface area contributed by atoms with Crippen molar-refractivity contribution in [3.05, 3.63) is 0 Å². The van der Waals surface area contributed by atoms with E-state index in [9.17, 15) is 9.90 Å². The first-order valence-electron chi connectivity index (χ1n) is 4.13. The summed E-state index contributed by atoms with van der Waals surface area (Å²) in [7, 11) is 1.56. The van der Waals surface area contributed by atoms with Crippen LogP contribution in [-0.4, -0.2) is 30.5 Å². The van der Waals surface area contributed by atoms with Gasteiger partial charge in [0.25, 0.3) is 0 Å². The Morgan fingerprint density at radius 3 is 2.23 bits per heavy atom. The molecule has 2 N–H and O–H groups in total. The number of nitrogens with one attached hydrogen (secondary N) is 1. The van der Waals surface area contributed by atoms with E-state index in [2.05, 4.69) is 5.32 Å². The quantitative estimate of drug-likeness (QED) is 0.637. The minimum atomic E-state index is -0.803. The van der Waals surface area contributed by atoms with Crippen molar-refractivity contribution in [3.8, 4) is 0 Å². The van der Waals surface area contributed by atoms with Crippen LogP contribution in [0.3, 0.4) is 0 Å². The van der Waals surface area contributed by atoms with E-state index >= 15 is 0 Å². The van der Waals surface area contributed by atoms with Crippen molar-refractivity contribution in [2.24, 2.45) is 11.8 Å². The van der Waals surface area contributed by atoms with Crippen molar-refractivity contribution in [1.29, 1.82) is 0 Å². The van der Waals surface area contributed by atoms with Crippen LogP contribution in [0, 0.1) is 55.9 Å². The van der Waals surface area contributed by atoms with E-state index in [-0.39, 0.29) is 61.8 Å². The van der Waals surface area contributed by atoms with Crippen LogP contribution in [0.1, 0.15) is 13.8 Å². The van der Waals surface area contributed by atoms with Gasteiger partial charge in [-0.3, -0.25) is 4.79 Å². The monoisotopic (exact) mass is 400 g/mol. The van der Waals surface area contributed by atoms with Gasteiger partial charge in [-0.05, 0) is 5.92 Å². The Balaban J connectivity index is 0.00000144. The van der Waals surface area contributed by atoms with Gasteiger partial charge in [-0.15, -0.1) is 0 Å². The first-order valence-corrected chi connectivity index (χ1v) is 4.13. The topological polar surface area (TPSA) is 58.6 Å². The second-order valence-electron chi connectivity index (χ2n) is 3.28. The predicted octanol–water partition coefficient (Wildman–Crippen LogP) is -0.278. The van der Waals surface area contributed by atoms with Gasteiger partial charge in [0.15, 0.2) is 6.29 Å². The largest absolute Gasteiger partial charge is 0.368 e. The third-order valence-electron chi connectivity index (χ3n) is 2.55. The Morgan fingerprint density at radius 2 is 1.92 bits per heavy atom. The fourth-order valence-corrected chi connectivity index (χ4v) is 1.38. The van der Waals surface area contributed by atoms with Crippen molar-refractivity contribution in [2.45, 2.75) is 26.2 Å². The molecule has 1 rings (SSSR count). The average Bonchev–Trinajstić information content (AvgIpc) is 2.32. The minimum Gasteiger partial charge on any atom is -0.368 e. The van der Waals surface area contributed by atoms with E-state index in [1.807, 2.05) is 13.8 Å². The SMILES string of the molecule is CNC(=O)[C@H]1OC(O)[C@H](C)[C@@H]1C.[Ac].